The molecule has 0 bridgehead atoms. The Morgan fingerprint density at radius 2 is 1.91 bits per heavy atom. The lowest BCUT2D eigenvalue weighted by molar-refractivity contribution is 0.0686. The third-order valence-corrected chi connectivity index (χ3v) is 10.2. The maximum atomic E-state index is 15.8. The molecule has 0 spiro atoms. The van der Waals surface area contributed by atoms with Crippen LogP contribution in [0.15, 0.2) is 53.6 Å². The first-order valence-corrected chi connectivity index (χ1v) is 16.7. The summed E-state index contributed by atoms with van der Waals surface area (Å²) < 4.78 is 65.3. The van der Waals surface area contributed by atoms with Gasteiger partial charge in [-0.1, -0.05) is 17.7 Å². The number of hydrogen-bond acceptors (Lipinski definition) is 8. The first-order valence-electron chi connectivity index (χ1n) is 14.8. The molecule has 1 aromatic heterocycles. The van der Waals surface area contributed by atoms with Crippen molar-refractivity contribution in [2.24, 2.45) is 0 Å². The summed E-state index contributed by atoms with van der Waals surface area (Å²) in [4.78, 5) is 11.3. The third kappa shape index (κ3) is 6.61. The molecule has 1 fully saturated rings. The standard InChI is InChI=1S/C32H34ClF2N5O4S/c1-18(44-2)17-40-11-9-22(10-12-40)37-32-36-16-20-13-19(3-6-26(20)38-32)30-25(34)5-7-27(31(30)35)39-45(42,43)29-15-21(33)14-24-23(29)4-8-28(24)41/h3,5-7,13-16,18,22,28,39,41H,4,8-12,17H2,1-2H3,(H,36,37,38). The molecule has 0 saturated carbocycles. The van der Waals surface area contributed by atoms with Crippen molar-refractivity contribution in [3.05, 3.63) is 76.4 Å². The molecule has 238 valence electrons. The van der Waals surface area contributed by atoms with Crippen LogP contribution in [0.25, 0.3) is 22.0 Å². The molecule has 3 aromatic carbocycles. The Bertz CT molecular complexity index is 1850. The number of aliphatic hydroxyl groups is 1. The van der Waals surface area contributed by atoms with Crippen LogP contribution in [0, 0.1) is 11.6 Å². The summed E-state index contributed by atoms with van der Waals surface area (Å²) in [5.41, 5.74) is 0.841. The van der Waals surface area contributed by atoms with Crippen LogP contribution in [0.1, 0.15) is 43.4 Å². The monoisotopic (exact) mass is 657 g/mol. The summed E-state index contributed by atoms with van der Waals surface area (Å²) in [5.74, 6) is -1.44. The van der Waals surface area contributed by atoms with Crippen LogP contribution in [0.4, 0.5) is 20.4 Å². The number of anilines is 2. The fourth-order valence-corrected chi connectivity index (χ4v) is 7.78. The number of likely N-dealkylation sites (tertiary alicyclic amines) is 1. The minimum atomic E-state index is -4.32. The van der Waals surface area contributed by atoms with E-state index in [9.17, 15) is 13.5 Å². The van der Waals surface area contributed by atoms with Gasteiger partial charge in [0.05, 0.1) is 33.9 Å². The number of ether oxygens (including phenoxy) is 1. The molecule has 2 unspecified atom stereocenters. The summed E-state index contributed by atoms with van der Waals surface area (Å²) in [7, 11) is -2.61. The van der Waals surface area contributed by atoms with Crippen LogP contribution in [0.3, 0.4) is 0 Å². The zero-order valence-electron chi connectivity index (χ0n) is 24.9. The molecule has 1 aliphatic carbocycles. The summed E-state index contributed by atoms with van der Waals surface area (Å²) in [5, 5.41) is 14.3. The third-order valence-electron chi connectivity index (χ3n) is 8.57. The van der Waals surface area contributed by atoms with Gasteiger partial charge in [0.1, 0.15) is 5.82 Å². The van der Waals surface area contributed by atoms with E-state index in [4.69, 9.17) is 16.3 Å². The highest BCUT2D eigenvalue weighted by molar-refractivity contribution is 7.92. The lowest BCUT2D eigenvalue weighted by Crippen LogP contribution is -2.42. The summed E-state index contributed by atoms with van der Waals surface area (Å²) in [6.07, 6.45) is 3.51. The fourth-order valence-electron chi connectivity index (χ4n) is 6.11. The Morgan fingerprint density at radius 3 is 2.67 bits per heavy atom. The van der Waals surface area contributed by atoms with Gasteiger partial charge in [-0.2, -0.15) is 0 Å². The van der Waals surface area contributed by atoms with Crippen LogP contribution in [-0.4, -0.2) is 67.3 Å². The van der Waals surface area contributed by atoms with Crippen LogP contribution < -0.4 is 10.0 Å². The van der Waals surface area contributed by atoms with Crippen molar-refractivity contribution in [2.75, 3.05) is 36.8 Å². The van der Waals surface area contributed by atoms with Crippen LogP contribution >= 0.6 is 11.6 Å². The van der Waals surface area contributed by atoms with Crippen LogP contribution in [0.2, 0.25) is 5.02 Å². The van der Waals surface area contributed by atoms with Gasteiger partial charge >= 0.3 is 0 Å². The predicted molar refractivity (Wildman–Crippen MR) is 170 cm³/mol. The number of sulfonamides is 1. The van der Waals surface area contributed by atoms with Gasteiger partial charge in [-0.25, -0.2) is 27.2 Å². The maximum Gasteiger partial charge on any atom is 0.262 e. The molecule has 13 heteroatoms. The Balaban J connectivity index is 1.21. The second-order valence-electron chi connectivity index (χ2n) is 11.6. The van der Waals surface area contributed by atoms with Gasteiger partial charge in [0.15, 0.2) is 5.82 Å². The molecule has 4 aromatic rings. The van der Waals surface area contributed by atoms with E-state index < -0.39 is 33.4 Å². The van der Waals surface area contributed by atoms with E-state index >= 15 is 8.78 Å². The Morgan fingerprint density at radius 1 is 1.13 bits per heavy atom. The smallest absolute Gasteiger partial charge is 0.262 e. The second-order valence-corrected chi connectivity index (χ2v) is 13.7. The van der Waals surface area contributed by atoms with E-state index in [0.717, 1.165) is 44.6 Å². The van der Waals surface area contributed by atoms with E-state index in [1.807, 2.05) is 0 Å². The number of nitrogens with zero attached hydrogens (tertiary/aromatic N) is 3. The van der Waals surface area contributed by atoms with E-state index in [0.29, 0.717) is 40.8 Å². The Labute approximate surface area is 265 Å². The van der Waals surface area contributed by atoms with Crippen LogP contribution in [-0.2, 0) is 21.2 Å². The number of fused-ring (bicyclic) bond motifs is 2. The number of nitrogens with one attached hydrogen (secondary N) is 2. The summed E-state index contributed by atoms with van der Waals surface area (Å²) >= 11 is 6.14. The van der Waals surface area contributed by atoms with Gasteiger partial charge in [-0.05, 0) is 85.7 Å². The second kappa shape index (κ2) is 12.8. The van der Waals surface area contributed by atoms with E-state index in [1.165, 1.54) is 12.1 Å². The maximum absolute atomic E-state index is 15.8. The molecule has 2 aliphatic rings. The first-order chi connectivity index (χ1) is 21.5. The van der Waals surface area contributed by atoms with Crippen molar-refractivity contribution >= 4 is 44.2 Å². The zero-order chi connectivity index (χ0) is 31.9. The highest BCUT2D eigenvalue weighted by Gasteiger charge is 2.30. The van der Waals surface area contributed by atoms with Gasteiger partial charge in [0.25, 0.3) is 10.0 Å². The van der Waals surface area contributed by atoms with Gasteiger partial charge < -0.3 is 20.1 Å². The van der Waals surface area contributed by atoms with Crippen molar-refractivity contribution in [1.82, 2.24) is 14.9 Å². The molecule has 9 nitrogen and oxygen atoms in total. The molecule has 2 heterocycles. The van der Waals surface area contributed by atoms with Gasteiger partial charge in [0.2, 0.25) is 5.95 Å². The number of piperidine rings is 1. The lowest BCUT2D eigenvalue weighted by atomic mass is 10.0. The normalized spacial score (nSPS) is 18.2. The van der Waals surface area contributed by atoms with E-state index in [2.05, 4.69) is 31.8 Å². The summed E-state index contributed by atoms with van der Waals surface area (Å²) in [6.45, 7) is 4.83. The SMILES string of the molecule is COC(C)CN1CCC(Nc2ncc3cc(-c4c(F)ccc(NS(=O)(=O)c5cc(Cl)cc6c5CCC6O)c4F)ccc3n2)CC1. The topological polar surface area (TPSA) is 117 Å². The average Bonchev–Trinajstić information content (AvgIpc) is 3.39. The van der Waals surface area contributed by atoms with Gasteiger partial charge in [-0.15, -0.1) is 0 Å². The quantitative estimate of drug-likeness (QED) is 0.203. The van der Waals surface area contributed by atoms with E-state index in [-0.39, 0.29) is 33.2 Å². The Kier molecular flexibility index (Phi) is 8.95. The summed E-state index contributed by atoms with van der Waals surface area (Å²) in [6, 6.07) is 9.83. The fraction of sp³-hybridized carbons (Fsp3) is 0.375. The van der Waals surface area contributed by atoms with Crippen molar-refractivity contribution in [3.8, 4) is 11.1 Å². The lowest BCUT2D eigenvalue weighted by Gasteiger charge is -2.33. The first kappa shape index (κ1) is 31.6. The molecule has 2 atom stereocenters. The highest BCUT2D eigenvalue weighted by atomic mass is 35.5. The largest absolute Gasteiger partial charge is 0.388 e. The number of hydrogen-bond donors (Lipinski definition) is 3. The number of methoxy groups -OCH3 is 1. The minimum Gasteiger partial charge on any atom is -0.388 e. The van der Waals surface area contributed by atoms with Gasteiger partial charge in [0, 0.05) is 49.4 Å². The Hall–Kier alpha value is -3.42. The minimum absolute atomic E-state index is 0.130. The molecule has 0 radical (unpaired) electrons. The molecule has 45 heavy (non-hydrogen) atoms. The molecule has 1 aliphatic heterocycles. The number of halogens is 3. The van der Waals surface area contributed by atoms with Gasteiger partial charge in [-0.3, -0.25) is 4.72 Å². The van der Waals surface area contributed by atoms with Crippen molar-refractivity contribution in [1.29, 1.82) is 0 Å². The van der Waals surface area contributed by atoms with Crippen molar-refractivity contribution in [3.63, 3.8) is 0 Å². The highest BCUT2D eigenvalue weighted by Crippen LogP contribution is 2.39. The van der Waals surface area contributed by atoms with Crippen molar-refractivity contribution < 1.29 is 27.0 Å². The average molecular weight is 658 g/mol. The molecule has 3 N–H and O–H groups in total. The number of aromatic nitrogens is 2. The number of benzene rings is 3. The zero-order valence-corrected chi connectivity index (χ0v) is 26.4. The molecular weight excluding hydrogens is 624 g/mol. The predicted octanol–water partition coefficient (Wildman–Crippen LogP) is 5.92. The van der Waals surface area contributed by atoms with Crippen molar-refractivity contribution in [2.45, 2.75) is 55.8 Å². The number of rotatable bonds is 9. The molecular formula is C32H34ClF2N5O4S. The molecule has 0 amide bonds. The van der Waals surface area contributed by atoms with Crippen LogP contribution in [0.5, 0.6) is 0 Å². The van der Waals surface area contributed by atoms with E-state index in [1.54, 1.807) is 31.5 Å². The molecule has 6 rings (SSSR count). The number of aliphatic hydroxyl groups excluding tert-OH is 1. The molecule has 1 saturated heterocycles.